The van der Waals surface area contributed by atoms with Gasteiger partial charge in [0.05, 0.1) is 66.1 Å². The number of terminal acetylenes is 3. The van der Waals surface area contributed by atoms with Gasteiger partial charge in [-0.25, -0.2) is 15.1 Å². The molecule has 0 saturated heterocycles. The van der Waals surface area contributed by atoms with Crippen LogP contribution in [0, 0.1) is 37.0 Å². The van der Waals surface area contributed by atoms with Crippen LogP contribution in [0.1, 0.15) is 83.5 Å². The number of nitrogens with one attached hydrogen (secondary N) is 5. The number of unbranched alkanes of at least 4 members (excludes halogenated alkanes) is 3. The normalized spacial score (nSPS) is 11.9. The van der Waals surface area contributed by atoms with E-state index in [0.717, 1.165) is 30.6 Å². The quantitative estimate of drug-likeness (QED) is 0.0220. The van der Waals surface area contributed by atoms with Crippen LogP contribution >= 0.6 is 18.2 Å². The largest absolute Gasteiger partial charge is 0.404 e. The number of carbonyl (C=O) groups excluding carboxylic acids is 5. The van der Waals surface area contributed by atoms with E-state index < -0.39 is 18.2 Å². The number of amides is 5. The number of nitrogens with two attached hydrogens (primary N) is 1. The summed E-state index contributed by atoms with van der Waals surface area (Å²) in [7, 11) is 0. The maximum absolute atomic E-state index is 13.6. The lowest BCUT2D eigenvalue weighted by Gasteiger charge is -2.35. The van der Waals surface area contributed by atoms with Crippen LogP contribution < -0.4 is 32.5 Å². The second kappa shape index (κ2) is 42.9. The maximum Gasteiger partial charge on any atom is 0.404 e. The third-order valence-electron chi connectivity index (χ3n) is 9.08. The van der Waals surface area contributed by atoms with Crippen molar-refractivity contribution in [2.75, 3.05) is 118 Å². The molecule has 0 aliphatic heterocycles. The summed E-state index contributed by atoms with van der Waals surface area (Å²) < 4.78 is 53.5. The number of carbonyl (C=O) groups is 5. The number of hydrogen-bond acceptors (Lipinski definition) is 16. The number of hydrogen-bond donors (Lipinski definition) is 6. The van der Waals surface area contributed by atoms with Crippen LogP contribution in [0.25, 0.3) is 0 Å². The van der Waals surface area contributed by atoms with Gasteiger partial charge in [-0.1, -0.05) is 30.6 Å². The van der Waals surface area contributed by atoms with Gasteiger partial charge >= 0.3 is 6.80 Å². The van der Waals surface area contributed by atoms with E-state index >= 15 is 0 Å². The third-order valence-corrected chi connectivity index (χ3v) is 12.2. The highest BCUT2D eigenvalue weighted by molar-refractivity contribution is 8.54. The molecule has 0 saturated carbocycles. The van der Waals surface area contributed by atoms with Crippen molar-refractivity contribution in [2.24, 2.45) is 5.90 Å². The summed E-state index contributed by atoms with van der Waals surface area (Å²) in [5.74, 6) is 10.6. The van der Waals surface area contributed by atoms with Gasteiger partial charge in [0.1, 0.15) is 19.8 Å². The van der Waals surface area contributed by atoms with E-state index in [-0.39, 0.29) is 147 Å². The Hall–Kier alpha value is -3.75. The monoisotopic (exact) mass is 960 g/mol. The molecule has 0 aromatic rings. The van der Waals surface area contributed by atoms with Crippen molar-refractivity contribution in [1.82, 2.24) is 26.6 Å². The van der Waals surface area contributed by atoms with Gasteiger partial charge in [-0.15, -0.1) is 19.3 Å². The molecule has 1 unspecified atom stereocenters. The minimum Gasteiger partial charge on any atom is -0.377 e. The molecule has 0 aliphatic carbocycles. The van der Waals surface area contributed by atoms with E-state index in [4.69, 9.17) is 58.1 Å². The predicted molar refractivity (Wildman–Crippen MR) is 247 cm³/mol. The molecule has 22 heteroatoms. The van der Waals surface area contributed by atoms with Crippen LogP contribution in [-0.4, -0.2) is 153 Å². The van der Waals surface area contributed by atoms with E-state index in [1.165, 1.54) is 0 Å². The van der Waals surface area contributed by atoms with Crippen molar-refractivity contribution in [3.8, 4) is 37.0 Å². The van der Waals surface area contributed by atoms with Gasteiger partial charge in [0.15, 0.2) is 0 Å². The first-order chi connectivity index (χ1) is 31.5. The van der Waals surface area contributed by atoms with Gasteiger partial charge in [0, 0.05) is 63.8 Å². The zero-order valence-corrected chi connectivity index (χ0v) is 39.8. The van der Waals surface area contributed by atoms with E-state index in [9.17, 15) is 28.5 Å². The molecule has 0 bridgehead atoms. The lowest BCUT2D eigenvalue weighted by molar-refractivity contribution is -0.128. The predicted octanol–water partition coefficient (Wildman–Crippen LogP) is 1.75. The Morgan fingerprint density at radius 2 is 0.892 bits per heavy atom. The molecule has 20 nitrogen and oxygen atoms in total. The minimum absolute atomic E-state index is 0.0145. The molecule has 0 rings (SSSR count). The van der Waals surface area contributed by atoms with Gasteiger partial charge < -0.3 is 55.0 Å². The van der Waals surface area contributed by atoms with Gasteiger partial charge in [-0.05, 0) is 56.2 Å². The Balaban J connectivity index is 5.54. The fourth-order valence-corrected chi connectivity index (χ4v) is 7.10. The van der Waals surface area contributed by atoms with Crippen molar-refractivity contribution in [2.45, 2.75) is 89.0 Å². The van der Waals surface area contributed by atoms with Gasteiger partial charge in [0.2, 0.25) is 29.5 Å². The minimum atomic E-state index is -3.31. The molecule has 0 aromatic heterocycles. The van der Waals surface area contributed by atoms with Crippen LogP contribution in [0.15, 0.2) is 0 Å². The SMILES string of the molecule is C#CCOCCOCCNC(=O)CCC(CCC(=O)NCCOCCOCC#C)(CCC(=O)NCCOCCOCC#C)NC(=O)CCCC(=O)NCCCCCCOP(=O)(ON)SC. The summed E-state index contributed by atoms with van der Waals surface area (Å²) in [4.78, 5) is 65.3. The molecule has 0 radical (unpaired) electrons. The highest BCUT2D eigenvalue weighted by Gasteiger charge is 2.33. The number of rotatable bonds is 45. The third kappa shape index (κ3) is 38.1. The Kier molecular flexibility index (Phi) is 40.4. The first-order valence-electron chi connectivity index (χ1n) is 21.8. The van der Waals surface area contributed by atoms with Crippen LogP contribution in [-0.2, 0) is 66.1 Å². The maximum atomic E-state index is 13.6. The van der Waals surface area contributed by atoms with Crippen molar-refractivity contribution in [3.05, 3.63) is 0 Å². The molecule has 65 heavy (non-hydrogen) atoms. The standard InChI is InChI=1S/C43H73N6O14PS/c1-5-25-56-32-35-59-29-22-46-39(51)15-18-43(19-16-40(52)47-23-30-60-36-33-57-26-6-2,20-17-41(53)48-24-31-61-37-34-58-27-7-3)49-42(54)14-12-13-38(50)45-21-10-8-9-11-28-62-64(55,63-44)65-4/h1-3H,8-37,44H2,4H3,(H,45,50)(H,46,51)(H,47,52)(H,48,53)(H,49,54). The van der Waals surface area contributed by atoms with Crippen molar-refractivity contribution in [3.63, 3.8) is 0 Å². The van der Waals surface area contributed by atoms with Crippen molar-refractivity contribution < 1.29 is 66.1 Å². The summed E-state index contributed by atoms with van der Waals surface area (Å²) in [6.07, 6.45) is 20.6. The average Bonchev–Trinajstić information content (AvgIpc) is 3.30. The molecule has 370 valence electrons. The Labute approximate surface area is 389 Å². The van der Waals surface area contributed by atoms with Crippen molar-refractivity contribution in [1.29, 1.82) is 0 Å². The first kappa shape index (κ1) is 61.2. The van der Waals surface area contributed by atoms with Crippen LogP contribution in [0.2, 0.25) is 0 Å². The van der Waals surface area contributed by atoms with E-state index in [1.54, 1.807) is 6.26 Å². The summed E-state index contributed by atoms with van der Waals surface area (Å²) >= 11 is 0.924. The summed E-state index contributed by atoms with van der Waals surface area (Å²) in [5.41, 5.74) is -1.15. The fraction of sp³-hybridized carbons (Fsp3) is 0.744. The number of ether oxygens (including phenoxy) is 6. The van der Waals surface area contributed by atoms with Crippen molar-refractivity contribution >= 4 is 47.7 Å². The van der Waals surface area contributed by atoms with Gasteiger partial charge in [-0.2, -0.15) is 0 Å². The highest BCUT2D eigenvalue weighted by atomic mass is 32.7. The molecule has 7 N–H and O–H groups in total. The van der Waals surface area contributed by atoms with Crippen LogP contribution in [0.4, 0.5) is 0 Å². The lowest BCUT2D eigenvalue weighted by Crippen LogP contribution is -2.50. The Bertz CT molecular complexity index is 1370. The average molecular weight is 961 g/mol. The lowest BCUT2D eigenvalue weighted by atomic mass is 9.82. The van der Waals surface area contributed by atoms with E-state index in [2.05, 4.69) is 49.0 Å². The Morgan fingerprint density at radius 3 is 1.31 bits per heavy atom. The topological polar surface area (TPSA) is 262 Å². The second-order valence-electron chi connectivity index (χ2n) is 14.2. The smallest absolute Gasteiger partial charge is 0.377 e. The Morgan fingerprint density at radius 1 is 0.508 bits per heavy atom. The molecule has 0 aliphatic rings. The van der Waals surface area contributed by atoms with Gasteiger partial charge in [-0.3, -0.25) is 28.5 Å². The van der Waals surface area contributed by atoms with Gasteiger partial charge in [0.25, 0.3) is 0 Å². The van der Waals surface area contributed by atoms with E-state index in [0.29, 0.717) is 52.6 Å². The molecule has 0 heterocycles. The fourth-order valence-electron chi connectivity index (χ4n) is 5.69. The molecule has 5 amide bonds. The summed E-state index contributed by atoms with van der Waals surface area (Å²) in [6, 6.07) is 0. The molecular weight excluding hydrogens is 888 g/mol. The van der Waals surface area contributed by atoms with Crippen LogP contribution in [0.3, 0.4) is 0 Å². The zero-order valence-electron chi connectivity index (χ0n) is 38.1. The summed E-state index contributed by atoms with van der Waals surface area (Å²) in [5, 5.41) is 14.3. The molecule has 0 spiro atoms. The highest BCUT2D eigenvalue weighted by Crippen LogP contribution is 2.57. The molecule has 0 fully saturated rings. The molecular formula is C43H73N6O14PS. The van der Waals surface area contributed by atoms with Crippen LogP contribution in [0.5, 0.6) is 0 Å². The second-order valence-corrected chi connectivity index (χ2v) is 18.3. The first-order valence-corrected chi connectivity index (χ1v) is 25.2. The molecule has 1 atom stereocenters. The zero-order chi connectivity index (χ0) is 48.1. The summed E-state index contributed by atoms with van der Waals surface area (Å²) in [6.45, 7) is 1.08. The van der Waals surface area contributed by atoms with E-state index in [1.807, 2.05) is 0 Å². The molecule has 0 aromatic carbocycles.